The first-order valence-electron chi connectivity index (χ1n) is 9.25. The third-order valence-corrected chi connectivity index (χ3v) is 5.89. The molecule has 3 heteroatoms. The number of benzene rings is 2. The Morgan fingerprint density at radius 1 is 1.12 bits per heavy atom. The van der Waals surface area contributed by atoms with E-state index in [4.69, 9.17) is 0 Å². The summed E-state index contributed by atoms with van der Waals surface area (Å²) in [5.41, 5.74) is 9.35. The number of aromatic nitrogens is 2. The van der Waals surface area contributed by atoms with Crippen molar-refractivity contribution in [3.63, 3.8) is 0 Å². The third-order valence-electron chi connectivity index (χ3n) is 5.89. The molecule has 3 aromatic rings. The zero-order chi connectivity index (χ0) is 17.2. The van der Waals surface area contributed by atoms with Gasteiger partial charge in [-0.1, -0.05) is 32.0 Å². The lowest BCUT2D eigenvalue weighted by atomic mass is 9.90. The van der Waals surface area contributed by atoms with Crippen molar-refractivity contribution in [2.75, 3.05) is 0 Å². The van der Waals surface area contributed by atoms with Gasteiger partial charge in [0.1, 0.15) is 0 Å². The monoisotopic (exact) mass is 332 g/mol. The molecule has 2 aliphatic carbocycles. The Labute approximate surface area is 148 Å². The molecule has 2 aliphatic rings. The van der Waals surface area contributed by atoms with Gasteiger partial charge in [-0.3, -0.25) is 0 Å². The number of nitrogens with zero attached hydrogens (tertiary/aromatic N) is 2. The van der Waals surface area contributed by atoms with Crippen LogP contribution in [-0.4, -0.2) is 14.7 Å². The molecular weight excluding hydrogens is 308 g/mol. The highest BCUT2D eigenvalue weighted by Crippen LogP contribution is 2.38. The molecule has 0 saturated carbocycles. The van der Waals surface area contributed by atoms with E-state index in [1.807, 2.05) is 6.33 Å². The van der Waals surface area contributed by atoms with Crippen LogP contribution in [-0.2, 0) is 25.8 Å². The molecule has 0 saturated heterocycles. The molecule has 1 N–H and O–H groups in total. The van der Waals surface area contributed by atoms with Gasteiger partial charge in [0.2, 0.25) is 0 Å². The fourth-order valence-electron chi connectivity index (χ4n) is 4.68. The predicted octanol–water partition coefficient (Wildman–Crippen LogP) is 4.19. The van der Waals surface area contributed by atoms with Crippen LogP contribution in [0, 0.1) is 5.41 Å². The van der Waals surface area contributed by atoms with E-state index < -0.39 is 0 Å². The molecule has 1 heterocycles. The maximum Gasteiger partial charge on any atom is 0.0961 e. The van der Waals surface area contributed by atoms with Crippen molar-refractivity contribution < 1.29 is 5.11 Å². The number of aliphatic hydroxyl groups is 1. The highest BCUT2D eigenvalue weighted by Gasteiger charge is 2.29. The zero-order valence-electron chi connectivity index (χ0n) is 14.9. The maximum atomic E-state index is 9.99. The van der Waals surface area contributed by atoms with Crippen LogP contribution in [0.2, 0.25) is 0 Å². The Kier molecular flexibility index (Phi) is 3.14. The average Bonchev–Trinajstić information content (AvgIpc) is 3.20. The van der Waals surface area contributed by atoms with Crippen molar-refractivity contribution in [1.82, 2.24) is 9.55 Å². The number of fused-ring (bicyclic) bond motifs is 3. The van der Waals surface area contributed by atoms with Crippen LogP contribution in [0.4, 0.5) is 0 Å². The molecule has 25 heavy (non-hydrogen) atoms. The predicted molar refractivity (Wildman–Crippen MR) is 99.7 cm³/mol. The minimum atomic E-state index is -0.274. The van der Waals surface area contributed by atoms with Crippen molar-refractivity contribution in [3.8, 4) is 0 Å². The lowest BCUT2D eigenvalue weighted by Crippen LogP contribution is -2.09. The van der Waals surface area contributed by atoms with Gasteiger partial charge in [0, 0.05) is 6.54 Å². The summed E-state index contributed by atoms with van der Waals surface area (Å²) in [5.74, 6) is 0. The molecule has 2 aromatic carbocycles. The first-order valence-corrected chi connectivity index (χ1v) is 9.25. The van der Waals surface area contributed by atoms with Crippen LogP contribution in [0.3, 0.4) is 0 Å². The smallest absolute Gasteiger partial charge is 0.0961 e. The molecule has 0 unspecified atom stereocenters. The highest BCUT2D eigenvalue weighted by molar-refractivity contribution is 5.78. The van der Waals surface area contributed by atoms with E-state index >= 15 is 0 Å². The Balaban J connectivity index is 1.50. The second-order valence-corrected chi connectivity index (χ2v) is 8.59. The molecule has 0 spiro atoms. The van der Waals surface area contributed by atoms with Gasteiger partial charge < -0.3 is 9.67 Å². The van der Waals surface area contributed by atoms with Gasteiger partial charge in [-0.05, 0) is 71.0 Å². The maximum absolute atomic E-state index is 9.99. The van der Waals surface area contributed by atoms with E-state index in [-0.39, 0.29) is 6.10 Å². The number of aryl methyl sites for hydroxylation is 1. The standard InChI is InChI=1S/C22H24N2O/c1-22(2)10-16-8-19-20(9-17(16)11-22)24(13-23-19)12-14-3-5-18-15(7-14)4-6-21(18)25/h3,5,7-9,13,21,25H,4,6,10-12H2,1-2H3/t21-/m0/s1. The summed E-state index contributed by atoms with van der Waals surface area (Å²) in [4.78, 5) is 4.65. The second kappa shape index (κ2) is 5.18. The summed E-state index contributed by atoms with van der Waals surface area (Å²) in [6, 6.07) is 11.1. The van der Waals surface area contributed by atoms with E-state index in [1.54, 1.807) is 0 Å². The molecule has 1 aromatic heterocycles. The summed E-state index contributed by atoms with van der Waals surface area (Å²) in [6.07, 6.45) is 5.83. The minimum absolute atomic E-state index is 0.274. The van der Waals surface area contributed by atoms with Gasteiger partial charge in [-0.2, -0.15) is 0 Å². The van der Waals surface area contributed by atoms with Gasteiger partial charge in [0.15, 0.2) is 0 Å². The normalized spacial score (nSPS) is 20.8. The van der Waals surface area contributed by atoms with Crippen LogP contribution in [0.25, 0.3) is 11.0 Å². The molecule has 0 fully saturated rings. The lowest BCUT2D eigenvalue weighted by molar-refractivity contribution is 0.180. The first kappa shape index (κ1) is 15.2. The number of aliphatic hydroxyl groups excluding tert-OH is 1. The van der Waals surface area contributed by atoms with Gasteiger partial charge in [0.05, 0.1) is 23.5 Å². The zero-order valence-corrected chi connectivity index (χ0v) is 14.9. The fourth-order valence-corrected chi connectivity index (χ4v) is 4.68. The summed E-state index contributed by atoms with van der Waals surface area (Å²) < 4.78 is 2.26. The molecule has 0 aliphatic heterocycles. The largest absolute Gasteiger partial charge is 0.388 e. The van der Waals surface area contributed by atoms with E-state index in [1.165, 1.54) is 27.8 Å². The Hall–Kier alpha value is -2.13. The number of imidazole rings is 1. The van der Waals surface area contributed by atoms with Crippen LogP contribution in [0.1, 0.15) is 54.2 Å². The summed E-state index contributed by atoms with van der Waals surface area (Å²) in [5, 5.41) is 9.99. The lowest BCUT2D eigenvalue weighted by Gasteiger charge is -2.14. The molecule has 0 bridgehead atoms. The molecule has 5 rings (SSSR count). The number of rotatable bonds is 2. The first-order chi connectivity index (χ1) is 12.0. The van der Waals surface area contributed by atoms with Gasteiger partial charge in [-0.25, -0.2) is 4.98 Å². The van der Waals surface area contributed by atoms with Crippen LogP contribution >= 0.6 is 0 Å². The fraction of sp³-hybridized carbons (Fsp3) is 0.409. The van der Waals surface area contributed by atoms with Crippen molar-refractivity contribution in [3.05, 3.63) is 64.5 Å². The Morgan fingerprint density at radius 2 is 1.92 bits per heavy atom. The molecule has 3 nitrogen and oxygen atoms in total. The Bertz CT molecular complexity index is 983. The highest BCUT2D eigenvalue weighted by atomic mass is 16.3. The third kappa shape index (κ3) is 2.49. The molecule has 128 valence electrons. The quantitative estimate of drug-likeness (QED) is 0.764. The van der Waals surface area contributed by atoms with E-state index in [0.29, 0.717) is 5.41 Å². The van der Waals surface area contributed by atoms with Gasteiger partial charge >= 0.3 is 0 Å². The number of hydrogen-bond donors (Lipinski definition) is 1. The molecular formula is C22H24N2O. The van der Waals surface area contributed by atoms with Crippen LogP contribution in [0.15, 0.2) is 36.7 Å². The molecule has 0 amide bonds. The van der Waals surface area contributed by atoms with Crippen molar-refractivity contribution in [1.29, 1.82) is 0 Å². The van der Waals surface area contributed by atoms with E-state index in [9.17, 15) is 5.11 Å². The van der Waals surface area contributed by atoms with E-state index in [2.05, 4.69) is 53.7 Å². The topological polar surface area (TPSA) is 38.0 Å². The number of hydrogen-bond acceptors (Lipinski definition) is 2. The molecule has 0 radical (unpaired) electrons. The SMILES string of the molecule is CC1(C)Cc2cc3ncn(Cc4ccc5c(c4)CC[C@@H]5O)c3cc2C1. The van der Waals surface area contributed by atoms with E-state index in [0.717, 1.165) is 43.3 Å². The summed E-state index contributed by atoms with van der Waals surface area (Å²) in [6.45, 7) is 5.53. The molecule has 1 atom stereocenters. The van der Waals surface area contributed by atoms with Gasteiger partial charge in [0.25, 0.3) is 0 Å². The summed E-state index contributed by atoms with van der Waals surface area (Å²) >= 11 is 0. The van der Waals surface area contributed by atoms with Crippen LogP contribution < -0.4 is 0 Å². The average molecular weight is 332 g/mol. The van der Waals surface area contributed by atoms with Crippen molar-refractivity contribution >= 4 is 11.0 Å². The second-order valence-electron chi connectivity index (χ2n) is 8.59. The Morgan fingerprint density at radius 3 is 2.76 bits per heavy atom. The van der Waals surface area contributed by atoms with Crippen molar-refractivity contribution in [2.45, 2.75) is 52.2 Å². The van der Waals surface area contributed by atoms with Crippen molar-refractivity contribution in [2.24, 2.45) is 5.41 Å². The van der Waals surface area contributed by atoms with Crippen LogP contribution in [0.5, 0.6) is 0 Å². The summed E-state index contributed by atoms with van der Waals surface area (Å²) in [7, 11) is 0. The van der Waals surface area contributed by atoms with Gasteiger partial charge in [-0.15, -0.1) is 0 Å². The minimum Gasteiger partial charge on any atom is -0.388 e.